The molecule has 3 nitrogen and oxygen atoms in total. The topological polar surface area (TPSA) is 36.3 Å². The molecule has 0 heterocycles. The maximum atomic E-state index is 9.01. The van der Waals surface area contributed by atoms with Gasteiger partial charge in [0.1, 0.15) is 18.4 Å². The molecule has 0 unspecified atom stereocenters. The quantitative estimate of drug-likeness (QED) is 0.810. The first-order valence-corrected chi connectivity index (χ1v) is 7.16. The number of hydrogen-bond donors (Lipinski definition) is 0. The van der Waals surface area contributed by atoms with Gasteiger partial charge in [-0.15, -0.1) is 0 Å². The number of ether oxygens (including phenoxy) is 1. The molecule has 0 N–H and O–H groups in total. The van der Waals surface area contributed by atoms with Crippen LogP contribution in [0.3, 0.4) is 0 Å². The highest BCUT2D eigenvalue weighted by Gasteiger charge is 2.04. The highest BCUT2D eigenvalue weighted by molar-refractivity contribution is 5.47. The molecule has 0 fully saturated rings. The highest BCUT2D eigenvalue weighted by Crippen LogP contribution is 2.17. The minimum Gasteiger partial charge on any atom is -0.490 e. The predicted molar refractivity (Wildman–Crippen MR) is 85.7 cm³/mol. The summed E-state index contributed by atoms with van der Waals surface area (Å²) >= 11 is 0. The summed E-state index contributed by atoms with van der Waals surface area (Å²) in [6, 6.07) is 18.0. The fourth-order valence-corrected chi connectivity index (χ4v) is 2.09. The number of hydrogen-bond acceptors (Lipinski definition) is 3. The Morgan fingerprint density at radius 3 is 2.48 bits per heavy atom. The van der Waals surface area contributed by atoms with Gasteiger partial charge in [-0.2, -0.15) is 5.26 Å². The van der Waals surface area contributed by atoms with E-state index in [0.717, 1.165) is 13.0 Å². The molecule has 2 aromatic carbocycles. The van der Waals surface area contributed by atoms with Crippen LogP contribution >= 0.6 is 0 Å². The first-order chi connectivity index (χ1) is 10.2. The molecule has 0 amide bonds. The van der Waals surface area contributed by atoms with Gasteiger partial charge in [0.2, 0.25) is 0 Å². The van der Waals surface area contributed by atoms with E-state index in [9.17, 15) is 0 Å². The van der Waals surface area contributed by atoms with Crippen LogP contribution in [0.4, 0.5) is 5.69 Å². The molecular formula is C18H20N2O. The number of nitrogens with zero attached hydrogens (tertiary/aromatic N) is 2. The molecule has 0 saturated heterocycles. The third-order valence-corrected chi connectivity index (χ3v) is 3.48. The van der Waals surface area contributed by atoms with E-state index in [1.54, 1.807) is 6.07 Å². The van der Waals surface area contributed by atoms with Gasteiger partial charge >= 0.3 is 0 Å². The van der Waals surface area contributed by atoms with E-state index in [4.69, 9.17) is 10.00 Å². The Hall–Kier alpha value is -2.47. The van der Waals surface area contributed by atoms with Crippen molar-refractivity contribution in [3.05, 3.63) is 59.7 Å². The molecule has 21 heavy (non-hydrogen) atoms. The lowest BCUT2D eigenvalue weighted by atomic mass is 10.1. The second-order valence-electron chi connectivity index (χ2n) is 4.90. The molecule has 2 rings (SSSR count). The average Bonchev–Trinajstić information content (AvgIpc) is 2.55. The summed E-state index contributed by atoms with van der Waals surface area (Å²) < 4.78 is 5.70. The van der Waals surface area contributed by atoms with Gasteiger partial charge in [0.15, 0.2) is 0 Å². The van der Waals surface area contributed by atoms with Crippen molar-refractivity contribution in [3.8, 4) is 11.8 Å². The van der Waals surface area contributed by atoms with Crippen molar-refractivity contribution in [2.24, 2.45) is 0 Å². The standard InChI is InChI=1S/C18H20N2O/c1-3-15-8-10-17(11-9-15)20(2)12-13-21-18-7-5-4-6-16(18)14-19/h4-11H,3,12-13H2,1-2H3. The zero-order valence-electron chi connectivity index (χ0n) is 12.5. The minimum absolute atomic E-state index is 0.546. The molecule has 2 aromatic rings. The van der Waals surface area contributed by atoms with Crippen molar-refractivity contribution in [3.63, 3.8) is 0 Å². The van der Waals surface area contributed by atoms with Crippen LogP contribution in [-0.2, 0) is 6.42 Å². The third-order valence-electron chi connectivity index (χ3n) is 3.48. The zero-order chi connectivity index (χ0) is 15.1. The second kappa shape index (κ2) is 7.35. The summed E-state index contributed by atoms with van der Waals surface area (Å²) in [6.07, 6.45) is 1.05. The SMILES string of the molecule is CCc1ccc(N(C)CCOc2ccccc2C#N)cc1. The van der Waals surface area contributed by atoms with E-state index in [-0.39, 0.29) is 0 Å². The van der Waals surface area contributed by atoms with Crippen LogP contribution < -0.4 is 9.64 Å². The van der Waals surface area contributed by atoms with Gasteiger partial charge in [0.05, 0.1) is 12.1 Å². The highest BCUT2D eigenvalue weighted by atomic mass is 16.5. The first-order valence-electron chi connectivity index (χ1n) is 7.16. The van der Waals surface area contributed by atoms with Crippen LogP contribution in [0.2, 0.25) is 0 Å². The number of likely N-dealkylation sites (N-methyl/N-ethyl adjacent to an activating group) is 1. The average molecular weight is 280 g/mol. The summed E-state index contributed by atoms with van der Waals surface area (Å²) in [7, 11) is 2.04. The van der Waals surface area contributed by atoms with Crippen molar-refractivity contribution in [1.82, 2.24) is 0 Å². The normalized spacial score (nSPS) is 9.95. The number of anilines is 1. The lowest BCUT2D eigenvalue weighted by molar-refractivity contribution is 0.325. The number of rotatable bonds is 6. The summed E-state index contributed by atoms with van der Waals surface area (Å²) in [5.74, 6) is 0.648. The fourth-order valence-electron chi connectivity index (χ4n) is 2.09. The molecule has 0 bridgehead atoms. The van der Waals surface area contributed by atoms with Crippen molar-refractivity contribution < 1.29 is 4.74 Å². The molecule has 0 aliphatic heterocycles. The van der Waals surface area contributed by atoms with Crippen LogP contribution in [0.25, 0.3) is 0 Å². The van der Waals surface area contributed by atoms with Gasteiger partial charge in [-0.05, 0) is 36.2 Å². The number of benzene rings is 2. The summed E-state index contributed by atoms with van der Waals surface area (Å²) in [5.41, 5.74) is 3.09. The lowest BCUT2D eigenvalue weighted by Crippen LogP contribution is -2.23. The maximum Gasteiger partial charge on any atom is 0.137 e. The maximum absolute atomic E-state index is 9.01. The van der Waals surface area contributed by atoms with E-state index < -0.39 is 0 Å². The second-order valence-corrected chi connectivity index (χ2v) is 4.90. The summed E-state index contributed by atoms with van der Waals surface area (Å²) in [4.78, 5) is 2.15. The van der Waals surface area contributed by atoms with Gasteiger partial charge in [0.25, 0.3) is 0 Å². The Bertz CT molecular complexity index is 614. The minimum atomic E-state index is 0.546. The Labute approximate surface area is 126 Å². The summed E-state index contributed by atoms with van der Waals surface area (Å²) in [5, 5.41) is 9.01. The van der Waals surface area contributed by atoms with Crippen molar-refractivity contribution in [1.29, 1.82) is 5.26 Å². The Kier molecular flexibility index (Phi) is 5.22. The predicted octanol–water partition coefficient (Wildman–Crippen LogP) is 3.64. The molecule has 0 radical (unpaired) electrons. The molecule has 0 atom stereocenters. The van der Waals surface area contributed by atoms with Crippen LogP contribution in [0, 0.1) is 11.3 Å². The van der Waals surface area contributed by atoms with Crippen molar-refractivity contribution >= 4 is 5.69 Å². The fraction of sp³-hybridized carbons (Fsp3) is 0.278. The number of para-hydroxylation sites is 1. The molecule has 3 heteroatoms. The summed E-state index contributed by atoms with van der Waals surface area (Å²) in [6.45, 7) is 3.47. The molecule has 108 valence electrons. The van der Waals surface area contributed by atoms with E-state index in [0.29, 0.717) is 17.9 Å². The van der Waals surface area contributed by atoms with Crippen molar-refractivity contribution in [2.75, 3.05) is 25.1 Å². The van der Waals surface area contributed by atoms with Crippen LogP contribution in [0.1, 0.15) is 18.1 Å². The molecule has 0 aliphatic rings. The number of nitriles is 1. The molecule has 0 saturated carbocycles. The largest absolute Gasteiger partial charge is 0.490 e. The van der Waals surface area contributed by atoms with Gasteiger partial charge in [-0.3, -0.25) is 0 Å². The monoisotopic (exact) mass is 280 g/mol. The zero-order valence-corrected chi connectivity index (χ0v) is 12.5. The Balaban J connectivity index is 1.89. The van der Waals surface area contributed by atoms with Crippen LogP contribution in [-0.4, -0.2) is 20.2 Å². The Morgan fingerprint density at radius 1 is 1.10 bits per heavy atom. The molecule has 0 aromatic heterocycles. The third kappa shape index (κ3) is 4.00. The molecular weight excluding hydrogens is 260 g/mol. The lowest BCUT2D eigenvalue weighted by Gasteiger charge is -2.20. The van der Waals surface area contributed by atoms with Gasteiger partial charge in [-0.1, -0.05) is 31.2 Å². The van der Waals surface area contributed by atoms with Gasteiger partial charge < -0.3 is 9.64 Å². The van der Waals surface area contributed by atoms with Crippen LogP contribution in [0.5, 0.6) is 5.75 Å². The van der Waals surface area contributed by atoms with E-state index in [1.807, 2.05) is 25.2 Å². The number of aryl methyl sites for hydroxylation is 1. The van der Waals surface area contributed by atoms with E-state index in [2.05, 4.69) is 42.2 Å². The van der Waals surface area contributed by atoms with Crippen LogP contribution in [0.15, 0.2) is 48.5 Å². The van der Waals surface area contributed by atoms with Gasteiger partial charge in [-0.25, -0.2) is 0 Å². The molecule has 0 spiro atoms. The van der Waals surface area contributed by atoms with E-state index in [1.165, 1.54) is 11.3 Å². The van der Waals surface area contributed by atoms with Crippen molar-refractivity contribution in [2.45, 2.75) is 13.3 Å². The smallest absolute Gasteiger partial charge is 0.137 e. The Morgan fingerprint density at radius 2 is 1.81 bits per heavy atom. The first kappa shape index (κ1) is 14.9. The molecule has 0 aliphatic carbocycles. The van der Waals surface area contributed by atoms with Gasteiger partial charge in [0, 0.05) is 12.7 Å². The van der Waals surface area contributed by atoms with E-state index >= 15 is 0 Å².